The van der Waals surface area contributed by atoms with Crippen LogP contribution in [0.5, 0.6) is 17.2 Å². The smallest absolute Gasteiger partial charge is 0.228 e. The van der Waals surface area contributed by atoms with Gasteiger partial charge < -0.3 is 29.2 Å². The van der Waals surface area contributed by atoms with Crippen LogP contribution in [0, 0.1) is 5.82 Å². The number of ether oxygens (including phenoxy) is 4. The van der Waals surface area contributed by atoms with E-state index in [1.807, 2.05) is 4.90 Å². The van der Waals surface area contributed by atoms with Gasteiger partial charge in [0.25, 0.3) is 0 Å². The number of hydrogen-bond acceptors (Lipinski definition) is 6. The molecule has 0 spiro atoms. The van der Waals surface area contributed by atoms with Crippen molar-refractivity contribution in [3.8, 4) is 17.2 Å². The van der Waals surface area contributed by atoms with Gasteiger partial charge in [-0.15, -0.1) is 0 Å². The highest BCUT2D eigenvalue weighted by molar-refractivity contribution is 5.92. The minimum absolute atomic E-state index is 0.0730. The summed E-state index contributed by atoms with van der Waals surface area (Å²) in [5, 5.41) is 2.73. The first-order valence-corrected chi connectivity index (χ1v) is 9.26. The van der Waals surface area contributed by atoms with Gasteiger partial charge in [-0.05, 0) is 35.9 Å². The van der Waals surface area contributed by atoms with E-state index in [1.54, 1.807) is 24.3 Å². The van der Waals surface area contributed by atoms with Crippen molar-refractivity contribution in [2.45, 2.75) is 6.42 Å². The topological polar surface area (TPSA) is 69.3 Å². The molecule has 1 aliphatic rings. The molecule has 0 unspecified atom stereocenters. The number of carbonyl (C=O) groups excluding carboxylic acids is 1. The molecule has 1 aliphatic heterocycles. The molecule has 0 saturated carbocycles. The fraction of sp³-hybridized carbons (Fsp3) is 0.381. The van der Waals surface area contributed by atoms with Crippen LogP contribution < -0.4 is 24.4 Å². The van der Waals surface area contributed by atoms with Crippen molar-refractivity contribution in [2.24, 2.45) is 0 Å². The summed E-state index contributed by atoms with van der Waals surface area (Å²) in [7, 11) is 4.54. The second-order valence-corrected chi connectivity index (χ2v) is 6.52. The van der Waals surface area contributed by atoms with Gasteiger partial charge in [-0.25, -0.2) is 4.39 Å². The molecule has 1 amide bonds. The number of morpholine rings is 1. The summed E-state index contributed by atoms with van der Waals surface area (Å²) in [4.78, 5) is 14.4. The predicted octanol–water partition coefficient (Wildman–Crippen LogP) is 2.87. The van der Waals surface area contributed by atoms with Gasteiger partial charge in [-0.1, -0.05) is 0 Å². The minimum atomic E-state index is -0.377. The lowest BCUT2D eigenvalue weighted by molar-refractivity contribution is -0.115. The van der Waals surface area contributed by atoms with Crippen LogP contribution in [0.1, 0.15) is 5.56 Å². The van der Waals surface area contributed by atoms with Crippen LogP contribution in [0.2, 0.25) is 0 Å². The Balaban J connectivity index is 1.70. The maximum Gasteiger partial charge on any atom is 0.228 e. The number of amides is 1. The second-order valence-electron chi connectivity index (χ2n) is 6.52. The van der Waals surface area contributed by atoms with Crippen molar-refractivity contribution in [1.82, 2.24) is 0 Å². The molecule has 0 radical (unpaired) electrons. The maximum absolute atomic E-state index is 14.5. The number of rotatable bonds is 7. The number of benzene rings is 2. The van der Waals surface area contributed by atoms with E-state index >= 15 is 0 Å². The molecule has 3 rings (SSSR count). The Hall–Kier alpha value is -3.00. The average molecular weight is 404 g/mol. The Morgan fingerprint density at radius 2 is 1.72 bits per heavy atom. The summed E-state index contributed by atoms with van der Waals surface area (Å²) < 4.78 is 35.7. The number of nitrogens with zero attached hydrogens (tertiary/aromatic N) is 1. The molecule has 1 saturated heterocycles. The molecule has 2 aromatic carbocycles. The summed E-state index contributed by atoms with van der Waals surface area (Å²) in [6.07, 6.45) is 0.0730. The van der Waals surface area contributed by atoms with Crippen molar-refractivity contribution < 1.29 is 28.1 Å². The molecule has 156 valence electrons. The van der Waals surface area contributed by atoms with Gasteiger partial charge in [0, 0.05) is 18.8 Å². The molecule has 1 heterocycles. The third-order valence-corrected chi connectivity index (χ3v) is 4.67. The first-order chi connectivity index (χ1) is 14.0. The SMILES string of the molecule is COc1cc(CC(=O)Nc2ccc(N3CCOCC3)c(F)c2)cc(OC)c1OC. The molecule has 29 heavy (non-hydrogen) atoms. The number of anilines is 2. The molecule has 7 nitrogen and oxygen atoms in total. The first-order valence-electron chi connectivity index (χ1n) is 9.26. The first kappa shape index (κ1) is 20.7. The van der Waals surface area contributed by atoms with E-state index in [4.69, 9.17) is 18.9 Å². The highest BCUT2D eigenvalue weighted by atomic mass is 19.1. The third-order valence-electron chi connectivity index (χ3n) is 4.67. The zero-order valence-electron chi connectivity index (χ0n) is 16.8. The van der Waals surface area contributed by atoms with Gasteiger partial charge in [0.15, 0.2) is 11.5 Å². The van der Waals surface area contributed by atoms with Gasteiger partial charge in [-0.3, -0.25) is 4.79 Å². The minimum Gasteiger partial charge on any atom is -0.493 e. The summed E-state index contributed by atoms with van der Waals surface area (Å²) in [6.45, 7) is 2.44. The highest BCUT2D eigenvalue weighted by Crippen LogP contribution is 2.38. The summed E-state index contributed by atoms with van der Waals surface area (Å²) in [5.74, 6) is 0.737. The molecule has 2 aromatic rings. The Bertz CT molecular complexity index is 843. The number of carbonyl (C=O) groups is 1. The molecular weight excluding hydrogens is 379 g/mol. The van der Waals surface area contributed by atoms with Crippen molar-refractivity contribution in [1.29, 1.82) is 0 Å². The number of methoxy groups -OCH3 is 3. The van der Waals surface area contributed by atoms with E-state index in [1.165, 1.54) is 27.4 Å². The Morgan fingerprint density at radius 1 is 1.07 bits per heavy atom. The quantitative estimate of drug-likeness (QED) is 0.765. The van der Waals surface area contributed by atoms with Crippen LogP contribution in [0.15, 0.2) is 30.3 Å². The van der Waals surface area contributed by atoms with E-state index in [0.717, 1.165) is 0 Å². The molecule has 0 bridgehead atoms. The van der Waals surface area contributed by atoms with Crippen LogP contribution in [-0.4, -0.2) is 53.5 Å². The average Bonchev–Trinajstić information content (AvgIpc) is 2.73. The van der Waals surface area contributed by atoms with Crippen LogP contribution in [0.3, 0.4) is 0 Å². The zero-order valence-corrected chi connectivity index (χ0v) is 16.8. The fourth-order valence-electron chi connectivity index (χ4n) is 3.27. The number of halogens is 1. The standard InChI is InChI=1S/C21H25FN2O5/c1-26-18-10-14(11-19(27-2)21(18)28-3)12-20(25)23-15-4-5-17(16(22)13-15)24-6-8-29-9-7-24/h4-5,10-11,13H,6-9,12H2,1-3H3,(H,23,25). The molecule has 8 heteroatoms. The normalized spacial score (nSPS) is 13.7. The fourth-order valence-corrected chi connectivity index (χ4v) is 3.27. The molecule has 0 atom stereocenters. The number of nitrogens with one attached hydrogen (secondary N) is 1. The van der Waals surface area contributed by atoms with Crippen molar-refractivity contribution in [3.63, 3.8) is 0 Å². The Morgan fingerprint density at radius 3 is 2.28 bits per heavy atom. The maximum atomic E-state index is 14.5. The Kier molecular flexibility index (Phi) is 6.77. The number of hydrogen-bond donors (Lipinski definition) is 1. The third kappa shape index (κ3) is 4.89. The zero-order chi connectivity index (χ0) is 20.8. The predicted molar refractivity (Wildman–Crippen MR) is 108 cm³/mol. The highest BCUT2D eigenvalue weighted by Gasteiger charge is 2.17. The second kappa shape index (κ2) is 9.47. The van der Waals surface area contributed by atoms with Crippen molar-refractivity contribution in [3.05, 3.63) is 41.7 Å². The van der Waals surface area contributed by atoms with Crippen LogP contribution in [-0.2, 0) is 16.0 Å². The summed E-state index contributed by atoms with van der Waals surface area (Å²) >= 11 is 0. The molecular formula is C21H25FN2O5. The molecule has 0 aliphatic carbocycles. The van der Waals surface area contributed by atoms with E-state index in [9.17, 15) is 9.18 Å². The molecule has 1 N–H and O–H groups in total. The van der Waals surface area contributed by atoms with Crippen LogP contribution in [0.4, 0.5) is 15.8 Å². The molecule has 1 fully saturated rings. The summed E-state index contributed by atoms with van der Waals surface area (Å²) in [6, 6.07) is 8.13. The lowest BCUT2D eigenvalue weighted by atomic mass is 10.1. The van der Waals surface area contributed by atoms with Crippen LogP contribution in [0.25, 0.3) is 0 Å². The lowest BCUT2D eigenvalue weighted by Crippen LogP contribution is -2.36. The van der Waals surface area contributed by atoms with Gasteiger partial charge in [0.05, 0.1) is 46.7 Å². The van der Waals surface area contributed by atoms with E-state index in [2.05, 4.69) is 5.32 Å². The van der Waals surface area contributed by atoms with Gasteiger partial charge >= 0.3 is 0 Å². The van der Waals surface area contributed by atoms with Crippen LogP contribution >= 0.6 is 0 Å². The lowest BCUT2D eigenvalue weighted by Gasteiger charge is -2.29. The van der Waals surface area contributed by atoms with E-state index in [0.29, 0.717) is 60.5 Å². The molecule has 0 aromatic heterocycles. The monoisotopic (exact) mass is 404 g/mol. The largest absolute Gasteiger partial charge is 0.493 e. The van der Waals surface area contributed by atoms with E-state index in [-0.39, 0.29) is 18.1 Å². The Labute approximate surface area is 169 Å². The van der Waals surface area contributed by atoms with Gasteiger partial charge in [-0.2, -0.15) is 0 Å². The van der Waals surface area contributed by atoms with Crippen molar-refractivity contribution in [2.75, 3.05) is 57.8 Å². The summed E-state index contributed by atoms with van der Waals surface area (Å²) in [5.41, 5.74) is 1.59. The van der Waals surface area contributed by atoms with Crippen molar-refractivity contribution >= 4 is 17.3 Å². The van der Waals surface area contributed by atoms with E-state index < -0.39 is 0 Å². The van der Waals surface area contributed by atoms with Gasteiger partial charge in [0.2, 0.25) is 11.7 Å². The van der Waals surface area contributed by atoms with Gasteiger partial charge in [0.1, 0.15) is 5.82 Å².